The molecule has 2 rings (SSSR count). The van der Waals surface area contributed by atoms with Gasteiger partial charge in [-0.15, -0.1) is 0 Å². The molecule has 0 bridgehead atoms. The monoisotopic (exact) mass is 361 g/mol. The van der Waals surface area contributed by atoms with Gasteiger partial charge in [0.05, 0.1) is 4.90 Å². The summed E-state index contributed by atoms with van der Waals surface area (Å²) in [7, 11) is 4.36. The summed E-state index contributed by atoms with van der Waals surface area (Å²) in [6.07, 6.45) is 0. The Morgan fingerprint density at radius 3 is 2.08 bits per heavy atom. The third-order valence-electron chi connectivity index (χ3n) is 4.27. The fraction of sp³-hybridized carbons (Fsp3) is 0.368. The fourth-order valence-corrected chi connectivity index (χ4v) is 4.00. The van der Waals surface area contributed by atoms with E-state index in [0.29, 0.717) is 11.4 Å². The van der Waals surface area contributed by atoms with E-state index in [2.05, 4.69) is 4.72 Å². The molecule has 1 N–H and O–H groups in total. The van der Waals surface area contributed by atoms with Gasteiger partial charge in [-0.05, 0) is 50.3 Å². The van der Waals surface area contributed by atoms with Crippen LogP contribution in [-0.2, 0) is 10.0 Å². The molecular formula is C19H27N3O2S. The van der Waals surface area contributed by atoms with Crippen molar-refractivity contribution in [2.75, 3.05) is 39.6 Å². The summed E-state index contributed by atoms with van der Waals surface area (Å²) in [5.41, 5.74) is 2.93. The maximum atomic E-state index is 12.6. The van der Waals surface area contributed by atoms with Gasteiger partial charge in [-0.1, -0.05) is 30.3 Å². The Morgan fingerprint density at radius 1 is 0.960 bits per heavy atom. The number of likely N-dealkylation sites (N-methyl/N-ethyl adjacent to an activating group) is 1. The number of nitrogens with zero attached hydrogens (tertiary/aromatic N) is 2. The Labute approximate surface area is 151 Å². The highest BCUT2D eigenvalue weighted by Crippen LogP contribution is 2.22. The Bertz CT molecular complexity index is 800. The second-order valence-electron chi connectivity index (χ2n) is 6.58. The average Bonchev–Trinajstić information content (AvgIpc) is 2.55. The largest absolute Gasteiger partial charge is 0.378 e. The van der Waals surface area contributed by atoms with Gasteiger partial charge in [0.15, 0.2) is 0 Å². The number of hydrogen-bond acceptors (Lipinski definition) is 4. The molecule has 0 aliphatic rings. The molecule has 6 heteroatoms. The smallest absolute Gasteiger partial charge is 0.240 e. The van der Waals surface area contributed by atoms with Crippen molar-refractivity contribution in [1.82, 2.24) is 9.62 Å². The summed E-state index contributed by atoms with van der Waals surface area (Å²) in [6.45, 7) is 2.11. The standard InChI is InChI=1S/C19H27N3O2S/c1-15-8-6-7-9-19(15)25(23,24)20-14-18(22(4)5)16-10-12-17(13-11-16)21(2)3/h6-13,18,20H,14H2,1-5H3/t18-/m0/s1. The second kappa shape index (κ2) is 7.99. The van der Waals surface area contributed by atoms with Crippen LogP contribution in [0, 0.1) is 6.92 Å². The van der Waals surface area contributed by atoms with Crippen molar-refractivity contribution in [1.29, 1.82) is 0 Å². The van der Waals surface area contributed by atoms with Crippen molar-refractivity contribution in [2.24, 2.45) is 0 Å². The SMILES string of the molecule is Cc1ccccc1S(=O)(=O)NC[C@@H](c1ccc(N(C)C)cc1)N(C)C. The molecule has 0 aliphatic heterocycles. The summed E-state index contributed by atoms with van der Waals surface area (Å²) in [6, 6.07) is 15.1. The number of nitrogens with one attached hydrogen (secondary N) is 1. The second-order valence-corrected chi connectivity index (χ2v) is 8.32. The predicted molar refractivity (Wildman–Crippen MR) is 104 cm³/mol. The molecule has 136 valence electrons. The zero-order chi connectivity index (χ0) is 18.6. The average molecular weight is 362 g/mol. The fourth-order valence-electron chi connectivity index (χ4n) is 2.72. The van der Waals surface area contributed by atoms with E-state index in [-0.39, 0.29) is 6.04 Å². The minimum absolute atomic E-state index is 0.0463. The van der Waals surface area contributed by atoms with Crippen LogP contribution in [0.1, 0.15) is 17.2 Å². The number of anilines is 1. The molecular weight excluding hydrogens is 334 g/mol. The molecule has 0 saturated heterocycles. The normalized spacial score (nSPS) is 13.0. The lowest BCUT2D eigenvalue weighted by Gasteiger charge is -2.26. The van der Waals surface area contributed by atoms with Crippen molar-refractivity contribution in [3.05, 3.63) is 59.7 Å². The van der Waals surface area contributed by atoms with Crippen LogP contribution in [0.15, 0.2) is 53.4 Å². The highest BCUT2D eigenvalue weighted by Gasteiger charge is 2.20. The third-order valence-corrected chi connectivity index (χ3v) is 5.85. The molecule has 0 fully saturated rings. The van der Waals surface area contributed by atoms with Crippen LogP contribution in [0.2, 0.25) is 0 Å². The molecule has 2 aromatic rings. The van der Waals surface area contributed by atoms with Crippen LogP contribution in [-0.4, -0.2) is 48.1 Å². The first kappa shape index (κ1) is 19.4. The van der Waals surface area contributed by atoms with E-state index < -0.39 is 10.0 Å². The van der Waals surface area contributed by atoms with Crippen LogP contribution < -0.4 is 9.62 Å². The zero-order valence-electron chi connectivity index (χ0n) is 15.5. The molecule has 1 atom stereocenters. The summed E-state index contributed by atoms with van der Waals surface area (Å²) in [4.78, 5) is 4.39. The Hall–Kier alpha value is -1.89. The van der Waals surface area contributed by atoms with Crippen LogP contribution in [0.4, 0.5) is 5.69 Å². The maximum absolute atomic E-state index is 12.6. The number of aryl methyl sites for hydroxylation is 1. The molecule has 0 spiro atoms. The first-order chi connectivity index (χ1) is 11.7. The summed E-state index contributed by atoms with van der Waals surface area (Å²) in [5.74, 6) is 0. The van der Waals surface area contributed by atoms with E-state index in [1.807, 2.05) is 68.3 Å². The predicted octanol–water partition coefficient (Wildman–Crippen LogP) is 2.64. The van der Waals surface area contributed by atoms with Gasteiger partial charge in [0.1, 0.15) is 0 Å². The molecule has 0 saturated carbocycles. The lowest BCUT2D eigenvalue weighted by molar-refractivity contribution is 0.299. The Kier molecular flexibility index (Phi) is 6.21. The van der Waals surface area contributed by atoms with Gasteiger partial charge in [0.2, 0.25) is 10.0 Å². The van der Waals surface area contributed by atoms with Gasteiger partial charge in [-0.3, -0.25) is 0 Å². The summed E-state index contributed by atoms with van der Waals surface area (Å²) in [5, 5.41) is 0. The van der Waals surface area contributed by atoms with Gasteiger partial charge in [-0.25, -0.2) is 13.1 Å². The minimum atomic E-state index is -3.53. The number of sulfonamides is 1. The van der Waals surface area contributed by atoms with Crippen molar-refractivity contribution in [3.8, 4) is 0 Å². The number of rotatable bonds is 7. The van der Waals surface area contributed by atoms with Crippen LogP contribution in [0.25, 0.3) is 0 Å². The molecule has 0 heterocycles. The number of benzene rings is 2. The van der Waals surface area contributed by atoms with Crippen molar-refractivity contribution in [3.63, 3.8) is 0 Å². The van der Waals surface area contributed by atoms with E-state index in [4.69, 9.17) is 0 Å². The molecule has 0 amide bonds. The molecule has 0 radical (unpaired) electrons. The van der Waals surface area contributed by atoms with Crippen molar-refractivity contribution >= 4 is 15.7 Å². The van der Waals surface area contributed by atoms with Crippen molar-refractivity contribution in [2.45, 2.75) is 17.9 Å². The molecule has 0 unspecified atom stereocenters. The van der Waals surface area contributed by atoms with Gasteiger partial charge in [-0.2, -0.15) is 0 Å². The zero-order valence-corrected chi connectivity index (χ0v) is 16.3. The summed E-state index contributed by atoms with van der Waals surface area (Å²) < 4.78 is 28.0. The number of hydrogen-bond donors (Lipinski definition) is 1. The summed E-state index contributed by atoms with van der Waals surface area (Å²) >= 11 is 0. The lowest BCUT2D eigenvalue weighted by atomic mass is 10.1. The Morgan fingerprint density at radius 2 is 1.56 bits per heavy atom. The lowest BCUT2D eigenvalue weighted by Crippen LogP contribution is -2.34. The van der Waals surface area contributed by atoms with E-state index in [0.717, 1.165) is 16.8 Å². The molecule has 5 nitrogen and oxygen atoms in total. The highest BCUT2D eigenvalue weighted by molar-refractivity contribution is 7.89. The van der Waals surface area contributed by atoms with Gasteiger partial charge in [0, 0.05) is 32.4 Å². The first-order valence-corrected chi connectivity index (χ1v) is 9.69. The Balaban J connectivity index is 2.18. The molecule has 0 aromatic heterocycles. The third kappa shape index (κ3) is 4.81. The van der Waals surface area contributed by atoms with E-state index in [9.17, 15) is 8.42 Å². The topological polar surface area (TPSA) is 52.7 Å². The van der Waals surface area contributed by atoms with E-state index in [1.54, 1.807) is 25.1 Å². The minimum Gasteiger partial charge on any atom is -0.378 e. The van der Waals surface area contributed by atoms with Crippen LogP contribution in [0.3, 0.4) is 0 Å². The van der Waals surface area contributed by atoms with Gasteiger partial charge >= 0.3 is 0 Å². The highest BCUT2D eigenvalue weighted by atomic mass is 32.2. The van der Waals surface area contributed by atoms with Crippen molar-refractivity contribution < 1.29 is 8.42 Å². The maximum Gasteiger partial charge on any atom is 0.240 e. The molecule has 25 heavy (non-hydrogen) atoms. The van der Waals surface area contributed by atoms with Crippen LogP contribution in [0.5, 0.6) is 0 Å². The van der Waals surface area contributed by atoms with Crippen LogP contribution >= 0.6 is 0 Å². The van der Waals surface area contributed by atoms with E-state index in [1.165, 1.54) is 0 Å². The first-order valence-electron chi connectivity index (χ1n) is 8.21. The van der Waals surface area contributed by atoms with E-state index >= 15 is 0 Å². The van der Waals surface area contributed by atoms with Gasteiger partial charge in [0.25, 0.3) is 0 Å². The van der Waals surface area contributed by atoms with Gasteiger partial charge < -0.3 is 9.80 Å². The molecule has 0 aliphatic carbocycles. The molecule has 2 aromatic carbocycles. The quantitative estimate of drug-likeness (QED) is 0.824.